The molecular weight excluding hydrogens is 216 g/mol. The maximum Gasteiger partial charge on any atom is 0.238 e. The second-order valence-corrected chi connectivity index (χ2v) is 3.78. The monoisotopic (exact) mass is 236 g/mol. The molecule has 0 heterocycles. The summed E-state index contributed by atoms with van der Waals surface area (Å²) in [5, 5.41) is 2.99. The number of primary amides is 1. The number of rotatable bonds is 7. The lowest BCUT2D eigenvalue weighted by atomic mass is 10.1. The van der Waals surface area contributed by atoms with E-state index < -0.39 is 6.04 Å². The van der Waals surface area contributed by atoms with Gasteiger partial charge in [-0.3, -0.25) is 4.79 Å². The number of benzene rings is 1. The van der Waals surface area contributed by atoms with Crippen LogP contribution >= 0.6 is 0 Å². The Bertz CT molecular complexity index is 366. The predicted octanol–water partition coefficient (Wildman–Crippen LogP) is 1.09. The molecule has 1 aromatic carbocycles. The summed E-state index contributed by atoms with van der Waals surface area (Å²) in [7, 11) is 0. The van der Waals surface area contributed by atoms with Gasteiger partial charge in [0.2, 0.25) is 5.91 Å². The fourth-order valence-corrected chi connectivity index (χ4v) is 1.60. The molecule has 3 N–H and O–H groups in total. The number of amides is 1. The second kappa shape index (κ2) is 6.91. The van der Waals surface area contributed by atoms with Crippen LogP contribution in [0.5, 0.6) is 5.75 Å². The van der Waals surface area contributed by atoms with Crippen LogP contribution in [-0.4, -0.2) is 25.1 Å². The molecule has 0 bridgehead atoms. The normalized spacial score (nSPS) is 12.1. The maximum atomic E-state index is 11.1. The van der Waals surface area contributed by atoms with Crippen molar-refractivity contribution < 1.29 is 9.53 Å². The second-order valence-electron chi connectivity index (χ2n) is 3.78. The standard InChI is InChI=1S/C13H20N2O2/c1-3-10-7-5-6-8-12(10)17-9-11(13(14)16)15-4-2/h5-8,11,15H,3-4,9H2,1-2H3,(H2,14,16). The number of para-hydroxylation sites is 1. The molecule has 0 aliphatic carbocycles. The van der Waals surface area contributed by atoms with Crippen molar-refractivity contribution in [3.8, 4) is 5.75 Å². The molecule has 0 aromatic heterocycles. The summed E-state index contributed by atoms with van der Waals surface area (Å²) >= 11 is 0. The summed E-state index contributed by atoms with van der Waals surface area (Å²) < 4.78 is 5.64. The fraction of sp³-hybridized carbons (Fsp3) is 0.462. The average molecular weight is 236 g/mol. The van der Waals surface area contributed by atoms with Gasteiger partial charge in [-0.2, -0.15) is 0 Å². The first-order valence-corrected chi connectivity index (χ1v) is 5.92. The third-order valence-electron chi connectivity index (χ3n) is 2.55. The molecule has 0 aliphatic heterocycles. The van der Waals surface area contributed by atoms with Crippen molar-refractivity contribution in [1.29, 1.82) is 0 Å². The highest BCUT2D eigenvalue weighted by atomic mass is 16.5. The van der Waals surface area contributed by atoms with Gasteiger partial charge in [0.15, 0.2) is 0 Å². The van der Waals surface area contributed by atoms with Crippen molar-refractivity contribution in [2.75, 3.05) is 13.2 Å². The molecule has 0 radical (unpaired) electrons. The molecule has 0 saturated heterocycles. The SMILES string of the molecule is CCNC(COc1ccccc1CC)C(N)=O. The van der Waals surface area contributed by atoms with Crippen LogP contribution in [0, 0.1) is 0 Å². The number of carbonyl (C=O) groups is 1. The van der Waals surface area contributed by atoms with E-state index in [1.165, 1.54) is 0 Å². The van der Waals surface area contributed by atoms with Crippen molar-refractivity contribution in [3.63, 3.8) is 0 Å². The minimum absolute atomic E-state index is 0.264. The van der Waals surface area contributed by atoms with Crippen LogP contribution in [0.3, 0.4) is 0 Å². The van der Waals surface area contributed by atoms with Crippen molar-refractivity contribution in [3.05, 3.63) is 29.8 Å². The van der Waals surface area contributed by atoms with E-state index in [0.29, 0.717) is 6.54 Å². The zero-order chi connectivity index (χ0) is 12.7. The third kappa shape index (κ3) is 4.07. The summed E-state index contributed by atoms with van der Waals surface area (Å²) in [6.07, 6.45) is 0.901. The number of hydrogen-bond acceptors (Lipinski definition) is 3. The Labute approximate surface area is 102 Å². The van der Waals surface area contributed by atoms with Crippen LogP contribution in [0.4, 0.5) is 0 Å². The Balaban J connectivity index is 2.61. The van der Waals surface area contributed by atoms with Crippen molar-refractivity contribution >= 4 is 5.91 Å². The van der Waals surface area contributed by atoms with Gasteiger partial charge in [0.1, 0.15) is 18.4 Å². The van der Waals surface area contributed by atoms with E-state index in [-0.39, 0.29) is 12.5 Å². The molecule has 17 heavy (non-hydrogen) atoms. The van der Waals surface area contributed by atoms with Gasteiger partial charge in [-0.15, -0.1) is 0 Å². The number of ether oxygens (including phenoxy) is 1. The van der Waals surface area contributed by atoms with Gasteiger partial charge in [-0.25, -0.2) is 0 Å². The summed E-state index contributed by atoms with van der Waals surface area (Å²) in [5.41, 5.74) is 6.41. The molecule has 1 unspecified atom stereocenters. The summed E-state index contributed by atoms with van der Waals surface area (Å²) in [6.45, 7) is 4.95. The van der Waals surface area contributed by atoms with Crippen LogP contribution in [-0.2, 0) is 11.2 Å². The predicted molar refractivity (Wildman–Crippen MR) is 68.0 cm³/mol. The highest BCUT2D eigenvalue weighted by Gasteiger charge is 2.14. The molecule has 0 fully saturated rings. The molecule has 0 aliphatic rings. The Morgan fingerprint density at radius 1 is 1.41 bits per heavy atom. The van der Waals surface area contributed by atoms with Crippen molar-refractivity contribution in [2.45, 2.75) is 26.3 Å². The lowest BCUT2D eigenvalue weighted by molar-refractivity contribution is -0.120. The largest absolute Gasteiger partial charge is 0.491 e. The summed E-state index contributed by atoms with van der Waals surface area (Å²) in [6, 6.07) is 7.37. The van der Waals surface area contributed by atoms with E-state index in [0.717, 1.165) is 17.7 Å². The van der Waals surface area contributed by atoms with Crippen LogP contribution in [0.2, 0.25) is 0 Å². The Morgan fingerprint density at radius 2 is 2.12 bits per heavy atom. The van der Waals surface area contributed by atoms with Gasteiger partial charge in [0.25, 0.3) is 0 Å². The number of nitrogens with one attached hydrogen (secondary N) is 1. The molecule has 4 heteroatoms. The van der Waals surface area contributed by atoms with Gasteiger partial charge in [0, 0.05) is 0 Å². The molecule has 1 atom stereocenters. The van der Waals surface area contributed by atoms with Crippen molar-refractivity contribution in [2.24, 2.45) is 5.73 Å². The smallest absolute Gasteiger partial charge is 0.238 e. The quantitative estimate of drug-likeness (QED) is 0.745. The average Bonchev–Trinajstić information content (AvgIpc) is 2.34. The number of hydrogen-bond donors (Lipinski definition) is 2. The molecule has 4 nitrogen and oxygen atoms in total. The van der Waals surface area contributed by atoms with Gasteiger partial charge < -0.3 is 15.8 Å². The van der Waals surface area contributed by atoms with E-state index in [9.17, 15) is 4.79 Å². The van der Waals surface area contributed by atoms with Gasteiger partial charge in [-0.05, 0) is 24.6 Å². The lowest BCUT2D eigenvalue weighted by Crippen LogP contribution is -2.45. The summed E-state index contributed by atoms with van der Waals surface area (Å²) in [5.74, 6) is 0.431. The van der Waals surface area contributed by atoms with E-state index in [4.69, 9.17) is 10.5 Å². The minimum Gasteiger partial charge on any atom is -0.491 e. The van der Waals surface area contributed by atoms with Crippen LogP contribution in [0.25, 0.3) is 0 Å². The minimum atomic E-state index is -0.440. The molecule has 0 saturated carbocycles. The van der Waals surface area contributed by atoms with Gasteiger partial charge in [0.05, 0.1) is 0 Å². The number of likely N-dealkylation sites (N-methyl/N-ethyl adjacent to an activating group) is 1. The van der Waals surface area contributed by atoms with E-state index >= 15 is 0 Å². The number of nitrogens with two attached hydrogens (primary N) is 1. The Morgan fingerprint density at radius 3 is 2.71 bits per heavy atom. The van der Waals surface area contributed by atoms with Gasteiger partial charge >= 0.3 is 0 Å². The summed E-state index contributed by atoms with van der Waals surface area (Å²) in [4.78, 5) is 11.1. The zero-order valence-electron chi connectivity index (χ0n) is 10.4. The third-order valence-corrected chi connectivity index (χ3v) is 2.55. The Hall–Kier alpha value is -1.55. The molecule has 1 amide bonds. The van der Waals surface area contributed by atoms with Gasteiger partial charge in [-0.1, -0.05) is 32.0 Å². The lowest BCUT2D eigenvalue weighted by Gasteiger charge is -2.16. The number of aryl methyl sites for hydroxylation is 1. The first kappa shape index (κ1) is 13.5. The first-order valence-electron chi connectivity index (χ1n) is 5.92. The fourth-order valence-electron chi connectivity index (χ4n) is 1.60. The molecule has 94 valence electrons. The van der Waals surface area contributed by atoms with E-state index in [1.54, 1.807) is 0 Å². The first-order chi connectivity index (χ1) is 8.19. The zero-order valence-corrected chi connectivity index (χ0v) is 10.4. The topological polar surface area (TPSA) is 64.3 Å². The molecule has 1 aromatic rings. The highest BCUT2D eigenvalue weighted by molar-refractivity contribution is 5.80. The van der Waals surface area contributed by atoms with Crippen LogP contribution in [0.1, 0.15) is 19.4 Å². The molecule has 1 rings (SSSR count). The molecular formula is C13H20N2O2. The highest BCUT2D eigenvalue weighted by Crippen LogP contribution is 2.18. The van der Waals surface area contributed by atoms with E-state index in [1.807, 2.05) is 31.2 Å². The van der Waals surface area contributed by atoms with Crippen molar-refractivity contribution in [1.82, 2.24) is 5.32 Å². The van der Waals surface area contributed by atoms with E-state index in [2.05, 4.69) is 12.2 Å². The molecule has 0 spiro atoms. The Kier molecular flexibility index (Phi) is 5.49. The van der Waals surface area contributed by atoms with Crippen LogP contribution < -0.4 is 15.8 Å². The maximum absolute atomic E-state index is 11.1. The number of carbonyl (C=O) groups excluding carboxylic acids is 1. The van der Waals surface area contributed by atoms with Crippen LogP contribution in [0.15, 0.2) is 24.3 Å².